The third-order valence-corrected chi connectivity index (χ3v) is 2.79. The zero-order valence-corrected chi connectivity index (χ0v) is 9.78. The van der Waals surface area contributed by atoms with Crippen molar-refractivity contribution in [1.82, 2.24) is 14.5 Å². The fraction of sp³-hybridized carbons (Fsp3) is 0.273. The van der Waals surface area contributed by atoms with Crippen molar-refractivity contribution in [2.45, 2.75) is 6.42 Å². The van der Waals surface area contributed by atoms with Crippen molar-refractivity contribution in [2.24, 2.45) is 12.8 Å². The molecule has 2 rings (SSSR count). The molecule has 0 aliphatic carbocycles. The molecule has 0 spiro atoms. The number of hydrogen-bond acceptors (Lipinski definition) is 3. The predicted molar refractivity (Wildman–Crippen MR) is 64.2 cm³/mol. The van der Waals surface area contributed by atoms with Gasteiger partial charge in [-0.1, -0.05) is 11.6 Å². The fourth-order valence-electron chi connectivity index (χ4n) is 1.67. The number of nitrogens with two attached hydrogens (primary N) is 1. The van der Waals surface area contributed by atoms with Gasteiger partial charge < -0.3 is 10.3 Å². The Morgan fingerprint density at radius 1 is 1.38 bits per heavy atom. The maximum absolute atomic E-state index is 6.08. The first kappa shape index (κ1) is 11.1. The van der Waals surface area contributed by atoms with Crippen LogP contribution in [0, 0.1) is 0 Å². The van der Waals surface area contributed by atoms with Crippen LogP contribution in [0.25, 0.3) is 11.4 Å². The van der Waals surface area contributed by atoms with E-state index >= 15 is 0 Å². The van der Waals surface area contributed by atoms with Gasteiger partial charge in [-0.15, -0.1) is 0 Å². The van der Waals surface area contributed by atoms with E-state index in [1.165, 1.54) is 0 Å². The molecule has 0 amide bonds. The lowest BCUT2D eigenvalue weighted by atomic mass is 10.2. The van der Waals surface area contributed by atoms with E-state index in [0.29, 0.717) is 11.7 Å². The molecule has 0 aromatic carbocycles. The molecular weight excluding hydrogens is 224 g/mol. The first-order valence-corrected chi connectivity index (χ1v) is 5.43. The summed E-state index contributed by atoms with van der Waals surface area (Å²) in [6.45, 7) is 0.565. The van der Waals surface area contributed by atoms with Crippen molar-refractivity contribution >= 4 is 11.6 Å². The highest BCUT2D eigenvalue weighted by atomic mass is 35.5. The molecule has 0 unspecified atom stereocenters. The van der Waals surface area contributed by atoms with Gasteiger partial charge in [-0.05, 0) is 18.7 Å². The highest BCUT2D eigenvalue weighted by Gasteiger charge is 2.13. The largest absolute Gasteiger partial charge is 0.330 e. The van der Waals surface area contributed by atoms with Gasteiger partial charge in [0, 0.05) is 31.4 Å². The number of nitrogens with zero attached hydrogens (tertiary/aromatic N) is 3. The second kappa shape index (κ2) is 4.63. The number of rotatable bonds is 3. The number of halogens is 1. The van der Waals surface area contributed by atoms with Gasteiger partial charge in [0.05, 0.1) is 5.69 Å². The molecular formula is C11H13ClN4. The summed E-state index contributed by atoms with van der Waals surface area (Å²) in [5, 5.41) is 0.528. The monoisotopic (exact) mass is 236 g/mol. The lowest BCUT2D eigenvalue weighted by Gasteiger charge is -2.04. The summed E-state index contributed by atoms with van der Waals surface area (Å²) in [4.78, 5) is 8.32. The first-order valence-electron chi connectivity index (χ1n) is 5.05. The normalized spacial score (nSPS) is 10.7. The molecule has 0 saturated heterocycles. The fourth-order valence-corrected chi connectivity index (χ4v) is 1.97. The molecule has 0 fully saturated rings. The minimum atomic E-state index is 0.528. The van der Waals surface area contributed by atoms with Crippen LogP contribution >= 0.6 is 11.6 Å². The van der Waals surface area contributed by atoms with E-state index in [9.17, 15) is 0 Å². The molecule has 4 nitrogen and oxygen atoms in total. The minimum Gasteiger partial charge on any atom is -0.330 e. The van der Waals surface area contributed by atoms with Gasteiger partial charge in [-0.25, -0.2) is 4.98 Å². The van der Waals surface area contributed by atoms with E-state index in [1.54, 1.807) is 12.4 Å². The van der Waals surface area contributed by atoms with Crippen molar-refractivity contribution in [3.05, 3.63) is 35.4 Å². The summed E-state index contributed by atoms with van der Waals surface area (Å²) in [5.41, 5.74) is 7.51. The number of aromatic nitrogens is 3. The number of hydrogen-bond donors (Lipinski definition) is 1. The van der Waals surface area contributed by atoms with Crippen LogP contribution in [0.3, 0.4) is 0 Å². The van der Waals surface area contributed by atoms with Crippen molar-refractivity contribution in [1.29, 1.82) is 0 Å². The molecule has 0 saturated carbocycles. The molecule has 16 heavy (non-hydrogen) atoms. The summed E-state index contributed by atoms with van der Waals surface area (Å²) in [7, 11) is 1.94. The summed E-state index contributed by atoms with van der Waals surface area (Å²) < 4.78 is 1.98. The molecule has 0 aliphatic heterocycles. The van der Waals surface area contributed by atoms with Gasteiger partial charge in [-0.2, -0.15) is 0 Å². The Bertz CT molecular complexity index is 478. The van der Waals surface area contributed by atoms with Gasteiger partial charge >= 0.3 is 0 Å². The van der Waals surface area contributed by atoms with Crippen LogP contribution in [0.5, 0.6) is 0 Å². The molecule has 84 valence electrons. The Balaban J connectivity index is 2.47. The molecule has 2 aromatic rings. The van der Waals surface area contributed by atoms with Crippen molar-refractivity contribution in [3.8, 4) is 11.4 Å². The van der Waals surface area contributed by atoms with Crippen LogP contribution in [-0.2, 0) is 13.5 Å². The summed E-state index contributed by atoms with van der Waals surface area (Å²) in [6.07, 6.45) is 4.20. The minimum absolute atomic E-state index is 0.528. The molecule has 5 heteroatoms. The summed E-state index contributed by atoms with van der Waals surface area (Å²) in [5.74, 6) is 0.843. The SMILES string of the molecule is Cn1c(-c2ccncc2)nc(Cl)c1CCN. The lowest BCUT2D eigenvalue weighted by Crippen LogP contribution is -2.07. The zero-order chi connectivity index (χ0) is 11.5. The van der Waals surface area contributed by atoms with Crippen LogP contribution in [0.15, 0.2) is 24.5 Å². The molecule has 0 atom stereocenters. The Morgan fingerprint density at radius 3 is 2.69 bits per heavy atom. The molecule has 0 aliphatic rings. The second-order valence-electron chi connectivity index (χ2n) is 3.51. The topological polar surface area (TPSA) is 56.7 Å². The summed E-state index contributed by atoms with van der Waals surface area (Å²) in [6, 6.07) is 3.82. The van der Waals surface area contributed by atoms with E-state index in [1.807, 2.05) is 23.7 Å². The Labute approximate surface area is 99.1 Å². The Kier molecular flexibility index (Phi) is 3.22. The van der Waals surface area contributed by atoms with Crippen LogP contribution in [0.2, 0.25) is 5.15 Å². The molecule has 0 bridgehead atoms. The first-order chi connectivity index (χ1) is 7.74. The van der Waals surface area contributed by atoms with Gasteiger partial charge in [0.15, 0.2) is 5.15 Å². The van der Waals surface area contributed by atoms with Gasteiger partial charge in [0.25, 0.3) is 0 Å². The number of pyridine rings is 1. The third-order valence-electron chi connectivity index (χ3n) is 2.48. The number of imidazole rings is 1. The van der Waals surface area contributed by atoms with Gasteiger partial charge in [0.1, 0.15) is 5.82 Å². The van der Waals surface area contributed by atoms with Crippen molar-refractivity contribution < 1.29 is 0 Å². The predicted octanol–water partition coefficient (Wildman–Crippen LogP) is 1.64. The lowest BCUT2D eigenvalue weighted by molar-refractivity contribution is 0.811. The van der Waals surface area contributed by atoms with E-state index in [0.717, 1.165) is 23.5 Å². The standard InChI is InChI=1S/C11H13ClN4/c1-16-9(2-5-13)10(12)15-11(16)8-3-6-14-7-4-8/h3-4,6-7H,2,5,13H2,1H3. The van der Waals surface area contributed by atoms with Crippen LogP contribution in [0.1, 0.15) is 5.69 Å². The van der Waals surface area contributed by atoms with E-state index < -0.39 is 0 Å². The van der Waals surface area contributed by atoms with Crippen molar-refractivity contribution in [2.75, 3.05) is 6.54 Å². The molecule has 2 aromatic heterocycles. The maximum Gasteiger partial charge on any atom is 0.151 e. The van der Waals surface area contributed by atoms with Gasteiger partial charge in [-0.3, -0.25) is 4.98 Å². The Hall–Kier alpha value is -1.39. The van der Waals surface area contributed by atoms with E-state index in [-0.39, 0.29) is 0 Å². The van der Waals surface area contributed by atoms with E-state index in [4.69, 9.17) is 17.3 Å². The highest BCUT2D eigenvalue weighted by Crippen LogP contribution is 2.23. The average molecular weight is 237 g/mol. The van der Waals surface area contributed by atoms with E-state index in [2.05, 4.69) is 9.97 Å². The molecule has 0 radical (unpaired) electrons. The average Bonchev–Trinajstić information content (AvgIpc) is 2.59. The quantitative estimate of drug-likeness (QED) is 0.882. The van der Waals surface area contributed by atoms with Crippen LogP contribution < -0.4 is 5.73 Å². The molecule has 2 heterocycles. The highest BCUT2D eigenvalue weighted by molar-refractivity contribution is 6.30. The van der Waals surface area contributed by atoms with Gasteiger partial charge in [0.2, 0.25) is 0 Å². The van der Waals surface area contributed by atoms with Crippen molar-refractivity contribution in [3.63, 3.8) is 0 Å². The third kappa shape index (κ3) is 1.94. The second-order valence-corrected chi connectivity index (χ2v) is 3.86. The molecule has 2 N–H and O–H groups in total. The smallest absolute Gasteiger partial charge is 0.151 e. The summed E-state index contributed by atoms with van der Waals surface area (Å²) >= 11 is 6.08. The zero-order valence-electron chi connectivity index (χ0n) is 9.02. The van der Waals surface area contributed by atoms with Crippen LogP contribution in [-0.4, -0.2) is 21.1 Å². The Morgan fingerprint density at radius 2 is 2.06 bits per heavy atom. The maximum atomic E-state index is 6.08. The van der Waals surface area contributed by atoms with Crippen LogP contribution in [0.4, 0.5) is 0 Å².